The Bertz CT molecular complexity index is 156. The van der Waals surface area contributed by atoms with Crippen molar-refractivity contribution < 1.29 is 27.5 Å². The van der Waals surface area contributed by atoms with Crippen molar-refractivity contribution >= 4 is 51.6 Å². The minimum absolute atomic E-state index is 0. The molecule has 1 N–H and O–H groups in total. The van der Waals surface area contributed by atoms with Crippen molar-refractivity contribution in [2.75, 3.05) is 0 Å². The summed E-state index contributed by atoms with van der Waals surface area (Å²) in [5.41, 5.74) is 0. The SMILES string of the molecule is O=C(O)C(F)(I)C(F)(F)F.[MgH2]. The van der Waals surface area contributed by atoms with Crippen LogP contribution in [0.3, 0.4) is 0 Å². The van der Waals surface area contributed by atoms with E-state index in [0.29, 0.717) is 0 Å². The molecule has 0 heterocycles. The van der Waals surface area contributed by atoms with Crippen molar-refractivity contribution in [1.82, 2.24) is 0 Å². The summed E-state index contributed by atoms with van der Waals surface area (Å²) in [6, 6.07) is 0. The Balaban J connectivity index is 0. The fraction of sp³-hybridized carbons (Fsp3) is 0.667. The van der Waals surface area contributed by atoms with Gasteiger partial charge in [0.25, 0.3) is 0 Å². The molecule has 0 aliphatic carbocycles. The Kier molecular flexibility index (Phi) is 5.27. The average molecular weight is 298 g/mol. The van der Waals surface area contributed by atoms with Crippen LogP contribution in [0.4, 0.5) is 17.6 Å². The second-order valence-electron chi connectivity index (χ2n) is 1.38. The summed E-state index contributed by atoms with van der Waals surface area (Å²) in [6.07, 6.45) is -5.36. The van der Waals surface area contributed by atoms with E-state index >= 15 is 0 Å². The third-order valence-corrected chi connectivity index (χ3v) is 1.70. The van der Waals surface area contributed by atoms with Gasteiger partial charge < -0.3 is 5.11 Å². The predicted molar refractivity (Wildman–Crippen MR) is 40.1 cm³/mol. The van der Waals surface area contributed by atoms with Gasteiger partial charge in [0.05, 0.1) is 0 Å². The summed E-state index contributed by atoms with van der Waals surface area (Å²) in [5.74, 6) is -2.54. The normalized spacial score (nSPS) is 16.5. The standard InChI is InChI=1S/C3HF4IO2.Mg.2H/c4-2(8,1(9)10)3(5,6)7;;;/h(H,9,10);;;. The molecule has 0 saturated heterocycles. The lowest BCUT2D eigenvalue weighted by molar-refractivity contribution is -0.202. The lowest BCUT2D eigenvalue weighted by Crippen LogP contribution is -2.42. The van der Waals surface area contributed by atoms with Gasteiger partial charge >= 0.3 is 38.9 Å². The van der Waals surface area contributed by atoms with Crippen molar-refractivity contribution in [2.24, 2.45) is 0 Å². The molecule has 64 valence electrons. The maximum Gasteiger partial charge on any atom is 0.443 e. The molecule has 0 aliphatic heterocycles. The van der Waals surface area contributed by atoms with Crippen molar-refractivity contribution in [2.45, 2.75) is 9.85 Å². The highest BCUT2D eigenvalue weighted by Gasteiger charge is 2.60. The molecule has 0 amide bonds. The molecular weight excluding hydrogens is 295 g/mol. The molecule has 0 spiro atoms. The van der Waals surface area contributed by atoms with Crippen LogP contribution in [0.25, 0.3) is 0 Å². The molecule has 0 aromatic heterocycles. The van der Waals surface area contributed by atoms with E-state index < -0.39 is 15.8 Å². The Hall–Kier alpha value is 0.686. The van der Waals surface area contributed by atoms with Crippen LogP contribution in [0.2, 0.25) is 0 Å². The van der Waals surface area contributed by atoms with Gasteiger partial charge in [-0.15, -0.1) is 0 Å². The first-order valence-corrected chi connectivity index (χ1v) is 2.95. The maximum absolute atomic E-state index is 12.0. The minimum Gasteiger partial charge on any atom is -0.478 e. The van der Waals surface area contributed by atoms with Crippen LogP contribution in [0.5, 0.6) is 0 Å². The number of carboxylic acids is 1. The van der Waals surface area contributed by atoms with Crippen molar-refractivity contribution in [1.29, 1.82) is 0 Å². The molecule has 0 aliphatic rings. The fourth-order valence-corrected chi connectivity index (χ4v) is 0.121. The van der Waals surface area contributed by atoms with E-state index in [1.54, 1.807) is 0 Å². The van der Waals surface area contributed by atoms with Crippen LogP contribution in [0.1, 0.15) is 0 Å². The van der Waals surface area contributed by atoms with Crippen LogP contribution >= 0.6 is 22.6 Å². The Morgan fingerprint density at radius 1 is 1.27 bits per heavy atom. The van der Waals surface area contributed by atoms with Gasteiger partial charge in [0.2, 0.25) is 0 Å². The third-order valence-electron chi connectivity index (χ3n) is 0.625. The van der Waals surface area contributed by atoms with Crippen LogP contribution in [-0.2, 0) is 4.79 Å². The molecule has 2 nitrogen and oxygen atoms in total. The first-order valence-electron chi connectivity index (χ1n) is 1.87. The molecule has 0 radical (unpaired) electrons. The number of carboxylic acid groups (broad SMARTS) is 1. The maximum atomic E-state index is 12.0. The number of carbonyl (C=O) groups is 1. The number of hydrogen-bond acceptors (Lipinski definition) is 1. The predicted octanol–water partition coefficient (Wildman–Crippen LogP) is 0.818. The van der Waals surface area contributed by atoms with E-state index in [2.05, 4.69) is 0 Å². The molecule has 0 fully saturated rings. The zero-order valence-electron chi connectivity index (χ0n) is 4.25. The Morgan fingerprint density at radius 2 is 1.55 bits per heavy atom. The highest BCUT2D eigenvalue weighted by Crippen LogP contribution is 2.39. The summed E-state index contributed by atoms with van der Waals surface area (Å²) in [6.45, 7) is 0. The van der Waals surface area contributed by atoms with Gasteiger partial charge in [-0.05, 0) is 22.6 Å². The van der Waals surface area contributed by atoms with Gasteiger partial charge in [0.1, 0.15) is 0 Å². The topological polar surface area (TPSA) is 37.3 Å². The third kappa shape index (κ3) is 3.28. The quantitative estimate of drug-likeness (QED) is 0.337. The summed E-state index contributed by atoms with van der Waals surface area (Å²) in [7, 11) is 0. The summed E-state index contributed by atoms with van der Waals surface area (Å²) in [5, 5.41) is 7.67. The molecule has 1 atom stereocenters. The van der Waals surface area contributed by atoms with Gasteiger partial charge in [-0.3, -0.25) is 0 Å². The highest BCUT2D eigenvalue weighted by atomic mass is 127. The molecule has 1 unspecified atom stereocenters. The van der Waals surface area contributed by atoms with Crippen molar-refractivity contribution in [3.63, 3.8) is 0 Å². The van der Waals surface area contributed by atoms with E-state index in [1.165, 1.54) is 0 Å². The van der Waals surface area contributed by atoms with Crippen molar-refractivity contribution in [3.05, 3.63) is 0 Å². The Morgan fingerprint density at radius 3 is 1.55 bits per heavy atom. The number of rotatable bonds is 1. The average Bonchev–Trinajstić information content (AvgIpc) is 1.62. The molecule has 0 aromatic carbocycles. The molecule has 11 heavy (non-hydrogen) atoms. The lowest BCUT2D eigenvalue weighted by Gasteiger charge is -2.15. The summed E-state index contributed by atoms with van der Waals surface area (Å²) >= 11 is 0.181. The van der Waals surface area contributed by atoms with Crippen LogP contribution in [0, 0.1) is 0 Å². The van der Waals surface area contributed by atoms with Crippen LogP contribution in [0.15, 0.2) is 0 Å². The number of aliphatic carboxylic acids is 1. The molecule has 0 bridgehead atoms. The number of halogens is 5. The summed E-state index contributed by atoms with van der Waals surface area (Å²) in [4.78, 5) is 9.57. The van der Waals surface area contributed by atoms with Crippen LogP contribution in [-0.4, -0.2) is 44.0 Å². The number of alkyl halides is 5. The fourth-order valence-electron chi connectivity index (χ4n) is 0.121. The second kappa shape index (κ2) is 4.07. The Labute approximate surface area is 88.6 Å². The van der Waals surface area contributed by atoms with Gasteiger partial charge in [0.15, 0.2) is 0 Å². The van der Waals surface area contributed by atoms with Gasteiger partial charge in [0, 0.05) is 0 Å². The molecule has 0 saturated carbocycles. The first kappa shape index (κ1) is 14.2. The van der Waals surface area contributed by atoms with Gasteiger partial charge in [-0.2, -0.15) is 13.2 Å². The van der Waals surface area contributed by atoms with E-state index in [9.17, 15) is 22.4 Å². The highest BCUT2D eigenvalue weighted by molar-refractivity contribution is 14.1. The zero-order valence-corrected chi connectivity index (χ0v) is 6.40. The molecule has 0 rings (SSSR count). The second-order valence-corrected chi connectivity index (χ2v) is 2.86. The first-order chi connectivity index (χ1) is 4.19. The number of hydrogen-bond donors (Lipinski definition) is 1. The van der Waals surface area contributed by atoms with E-state index in [-0.39, 0.29) is 45.6 Å². The minimum atomic E-state index is -5.36. The van der Waals surface area contributed by atoms with Crippen molar-refractivity contribution in [3.8, 4) is 0 Å². The molecule has 0 aromatic rings. The molecule has 8 heteroatoms. The molecular formula is C3H3F4IMgO2. The van der Waals surface area contributed by atoms with Crippen LogP contribution < -0.4 is 0 Å². The van der Waals surface area contributed by atoms with Gasteiger partial charge in [-0.1, -0.05) is 0 Å². The van der Waals surface area contributed by atoms with E-state index in [0.717, 1.165) is 0 Å². The van der Waals surface area contributed by atoms with E-state index in [4.69, 9.17) is 5.11 Å². The zero-order chi connectivity index (χ0) is 8.58. The largest absolute Gasteiger partial charge is 0.478 e. The monoisotopic (exact) mass is 298 g/mol. The van der Waals surface area contributed by atoms with Gasteiger partial charge in [-0.25, -0.2) is 9.18 Å². The van der Waals surface area contributed by atoms with E-state index in [1.807, 2.05) is 0 Å². The summed E-state index contributed by atoms with van der Waals surface area (Å²) < 4.78 is 41.8. The lowest BCUT2D eigenvalue weighted by atomic mass is 10.4. The smallest absolute Gasteiger partial charge is 0.443 e.